The predicted octanol–water partition coefficient (Wildman–Crippen LogP) is 0.410. The lowest BCUT2D eigenvalue weighted by Gasteiger charge is -2.44. The molecule has 2 saturated heterocycles. The van der Waals surface area contributed by atoms with Gasteiger partial charge < -0.3 is 5.11 Å². The molecule has 2 fully saturated rings. The molecule has 3 rings (SSSR count). The van der Waals surface area contributed by atoms with Gasteiger partial charge in [0, 0.05) is 38.3 Å². The first-order valence-electron chi connectivity index (χ1n) is 7.94. The summed E-state index contributed by atoms with van der Waals surface area (Å²) in [6.07, 6.45) is 0. The third-order valence-corrected chi connectivity index (χ3v) is 6.67. The van der Waals surface area contributed by atoms with E-state index in [0.29, 0.717) is 13.1 Å². The number of hydrogen-bond acceptors (Lipinski definition) is 5. The molecule has 2 heterocycles. The second-order valence-corrected chi connectivity index (χ2v) is 8.67. The van der Waals surface area contributed by atoms with Crippen molar-refractivity contribution in [1.29, 1.82) is 0 Å². The average Bonchev–Trinajstić information content (AvgIpc) is 2.80. The van der Waals surface area contributed by atoms with Gasteiger partial charge in [0.2, 0.25) is 0 Å². The Balaban J connectivity index is 1.80. The highest BCUT2D eigenvalue weighted by atomic mass is 32.2. The fourth-order valence-corrected chi connectivity index (χ4v) is 5.80. The molecule has 5 nitrogen and oxygen atoms in total. The van der Waals surface area contributed by atoms with Gasteiger partial charge in [-0.05, 0) is 30.2 Å². The molecule has 0 aromatic heterocycles. The number of fused-ring (bicyclic) bond motifs is 1. The number of sulfone groups is 1. The number of nitrogens with zero attached hydrogens (tertiary/aromatic N) is 2. The highest BCUT2D eigenvalue weighted by molar-refractivity contribution is 7.91. The number of benzene rings is 1. The SMILES string of the molecule is Cc1cc(F)ccc1CN1CCN(CCO)[C@@H]2CS(=O)(=O)C[C@@H]21. The second kappa shape index (κ2) is 6.47. The van der Waals surface area contributed by atoms with E-state index in [1.54, 1.807) is 6.07 Å². The summed E-state index contributed by atoms with van der Waals surface area (Å²) >= 11 is 0. The van der Waals surface area contributed by atoms with Crippen LogP contribution in [0, 0.1) is 12.7 Å². The number of β-amino-alcohol motifs (C(OH)–C–C–N with tert-alkyl or cyclic N) is 1. The van der Waals surface area contributed by atoms with E-state index in [2.05, 4.69) is 9.80 Å². The Labute approximate surface area is 136 Å². The molecule has 0 radical (unpaired) electrons. The maximum atomic E-state index is 13.3. The Morgan fingerprint density at radius 1 is 1.22 bits per heavy atom. The standard InChI is InChI=1S/C16H23FN2O3S/c1-12-8-14(17)3-2-13(12)9-19-5-4-18(6-7-20)15-10-23(21,22)11-16(15)19/h2-3,8,15-16,20H,4-7,9-11H2,1H3/t15-,16+/m1/s1. The van der Waals surface area contributed by atoms with Gasteiger partial charge in [0.15, 0.2) is 9.84 Å². The van der Waals surface area contributed by atoms with Crippen molar-refractivity contribution in [2.75, 3.05) is 37.7 Å². The van der Waals surface area contributed by atoms with Gasteiger partial charge in [-0.2, -0.15) is 0 Å². The molecule has 7 heteroatoms. The molecule has 0 saturated carbocycles. The van der Waals surface area contributed by atoms with Crippen LogP contribution in [0.2, 0.25) is 0 Å². The molecule has 0 amide bonds. The number of halogens is 1. The zero-order chi connectivity index (χ0) is 16.6. The van der Waals surface area contributed by atoms with Crippen molar-refractivity contribution < 1.29 is 17.9 Å². The highest BCUT2D eigenvalue weighted by Gasteiger charge is 2.46. The maximum absolute atomic E-state index is 13.3. The molecule has 2 aliphatic heterocycles. The van der Waals surface area contributed by atoms with Crippen LogP contribution in [-0.2, 0) is 16.4 Å². The third kappa shape index (κ3) is 3.57. The van der Waals surface area contributed by atoms with Crippen LogP contribution in [0.3, 0.4) is 0 Å². The molecule has 0 unspecified atom stereocenters. The summed E-state index contributed by atoms with van der Waals surface area (Å²) in [5.74, 6) is 0.0801. The molecule has 128 valence electrons. The van der Waals surface area contributed by atoms with Gasteiger partial charge in [-0.3, -0.25) is 9.80 Å². The van der Waals surface area contributed by atoms with Crippen LogP contribution in [0.15, 0.2) is 18.2 Å². The molecule has 2 atom stereocenters. The molecule has 0 spiro atoms. The van der Waals surface area contributed by atoms with Crippen LogP contribution in [0.5, 0.6) is 0 Å². The summed E-state index contributed by atoms with van der Waals surface area (Å²) in [5.41, 5.74) is 1.92. The summed E-state index contributed by atoms with van der Waals surface area (Å²) in [7, 11) is -3.05. The second-order valence-electron chi connectivity index (χ2n) is 6.51. The Morgan fingerprint density at radius 2 is 1.87 bits per heavy atom. The highest BCUT2D eigenvalue weighted by Crippen LogP contribution is 2.28. The molecule has 1 N–H and O–H groups in total. The number of hydrogen-bond donors (Lipinski definition) is 1. The normalized spacial score (nSPS) is 28.0. The van der Waals surface area contributed by atoms with Crippen molar-refractivity contribution in [3.63, 3.8) is 0 Å². The van der Waals surface area contributed by atoms with Gasteiger partial charge in [-0.25, -0.2) is 12.8 Å². The molecule has 0 aliphatic carbocycles. The largest absolute Gasteiger partial charge is 0.395 e. The van der Waals surface area contributed by atoms with Gasteiger partial charge in [0.05, 0.1) is 18.1 Å². The van der Waals surface area contributed by atoms with Crippen LogP contribution in [0.25, 0.3) is 0 Å². The molecular weight excluding hydrogens is 319 g/mol. The van der Waals surface area contributed by atoms with E-state index in [1.165, 1.54) is 12.1 Å². The van der Waals surface area contributed by atoms with Gasteiger partial charge in [-0.15, -0.1) is 0 Å². The third-order valence-electron chi connectivity index (χ3n) is 4.97. The van der Waals surface area contributed by atoms with E-state index in [1.807, 2.05) is 6.92 Å². The lowest BCUT2D eigenvalue weighted by molar-refractivity contribution is 0.0307. The Bertz CT molecular complexity index is 680. The molecule has 1 aromatic rings. The van der Waals surface area contributed by atoms with Crippen molar-refractivity contribution in [2.45, 2.75) is 25.6 Å². The lowest BCUT2D eigenvalue weighted by atomic mass is 10.0. The van der Waals surface area contributed by atoms with Crippen molar-refractivity contribution in [3.05, 3.63) is 35.1 Å². The predicted molar refractivity (Wildman–Crippen MR) is 86.4 cm³/mol. The Morgan fingerprint density at radius 3 is 2.52 bits per heavy atom. The number of aryl methyl sites for hydroxylation is 1. The summed E-state index contributed by atoms with van der Waals surface area (Å²) < 4.78 is 37.4. The Hall–Kier alpha value is -1.02. The molecule has 1 aromatic carbocycles. The van der Waals surface area contributed by atoms with E-state index in [-0.39, 0.29) is 36.0 Å². The summed E-state index contributed by atoms with van der Waals surface area (Å²) in [6, 6.07) is 4.64. The van der Waals surface area contributed by atoms with Crippen LogP contribution in [0.1, 0.15) is 11.1 Å². The minimum absolute atomic E-state index is 0.0420. The summed E-state index contributed by atoms with van der Waals surface area (Å²) in [6.45, 7) is 4.57. The maximum Gasteiger partial charge on any atom is 0.153 e. The summed E-state index contributed by atoms with van der Waals surface area (Å²) in [5, 5.41) is 9.19. The van der Waals surface area contributed by atoms with Gasteiger partial charge in [0.1, 0.15) is 5.82 Å². The molecule has 0 bridgehead atoms. The number of piperazine rings is 1. The van der Waals surface area contributed by atoms with Crippen molar-refractivity contribution in [1.82, 2.24) is 9.80 Å². The van der Waals surface area contributed by atoms with E-state index >= 15 is 0 Å². The summed E-state index contributed by atoms with van der Waals surface area (Å²) in [4.78, 5) is 4.28. The number of aliphatic hydroxyl groups is 1. The number of rotatable bonds is 4. The Kier molecular flexibility index (Phi) is 4.73. The van der Waals surface area contributed by atoms with E-state index < -0.39 is 9.84 Å². The van der Waals surface area contributed by atoms with Gasteiger partial charge in [-0.1, -0.05) is 6.07 Å². The van der Waals surface area contributed by atoms with Gasteiger partial charge >= 0.3 is 0 Å². The molecular formula is C16H23FN2O3S. The molecule has 2 aliphatic rings. The zero-order valence-corrected chi connectivity index (χ0v) is 14.1. The topological polar surface area (TPSA) is 60.9 Å². The smallest absolute Gasteiger partial charge is 0.153 e. The number of aliphatic hydroxyl groups excluding tert-OH is 1. The van der Waals surface area contributed by atoms with Crippen LogP contribution in [0.4, 0.5) is 4.39 Å². The van der Waals surface area contributed by atoms with Crippen molar-refractivity contribution >= 4 is 9.84 Å². The molecule has 23 heavy (non-hydrogen) atoms. The van der Waals surface area contributed by atoms with Crippen molar-refractivity contribution in [2.24, 2.45) is 0 Å². The quantitative estimate of drug-likeness (QED) is 0.859. The first-order valence-corrected chi connectivity index (χ1v) is 9.76. The minimum Gasteiger partial charge on any atom is -0.395 e. The first-order chi connectivity index (χ1) is 10.9. The van der Waals surface area contributed by atoms with Crippen molar-refractivity contribution in [3.8, 4) is 0 Å². The van der Waals surface area contributed by atoms with E-state index in [9.17, 15) is 17.9 Å². The van der Waals surface area contributed by atoms with Gasteiger partial charge in [0.25, 0.3) is 0 Å². The van der Waals surface area contributed by atoms with Crippen LogP contribution in [-0.4, -0.2) is 73.2 Å². The van der Waals surface area contributed by atoms with Crippen LogP contribution < -0.4 is 0 Å². The zero-order valence-electron chi connectivity index (χ0n) is 13.3. The average molecular weight is 342 g/mol. The van der Waals surface area contributed by atoms with Crippen LogP contribution >= 0.6 is 0 Å². The fraction of sp³-hybridized carbons (Fsp3) is 0.625. The monoisotopic (exact) mass is 342 g/mol. The lowest BCUT2D eigenvalue weighted by Crippen LogP contribution is -2.59. The first kappa shape index (κ1) is 16.8. The fourth-order valence-electron chi connectivity index (χ4n) is 3.75. The van der Waals surface area contributed by atoms with E-state index in [4.69, 9.17) is 0 Å². The minimum atomic E-state index is -3.05. The van der Waals surface area contributed by atoms with E-state index in [0.717, 1.165) is 24.2 Å².